The van der Waals surface area contributed by atoms with Gasteiger partial charge in [0.2, 0.25) is 0 Å². The highest BCUT2D eigenvalue weighted by Crippen LogP contribution is 2.40. The third-order valence-corrected chi connectivity index (χ3v) is 9.07. The zero-order valence-electron chi connectivity index (χ0n) is 19.7. The van der Waals surface area contributed by atoms with Gasteiger partial charge >= 0.3 is 0 Å². The molecule has 34 heavy (non-hydrogen) atoms. The van der Waals surface area contributed by atoms with Gasteiger partial charge < -0.3 is 9.80 Å². The van der Waals surface area contributed by atoms with Gasteiger partial charge in [0.1, 0.15) is 16.5 Å². The summed E-state index contributed by atoms with van der Waals surface area (Å²) in [5.74, 6) is 2.33. The summed E-state index contributed by atoms with van der Waals surface area (Å²) < 4.78 is 0. The second-order valence-electron chi connectivity index (χ2n) is 9.37. The van der Waals surface area contributed by atoms with Crippen molar-refractivity contribution in [1.29, 1.82) is 0 Å². The van der Waals surface area contributed by atoms with Gasteiger partial charge in [-0.15, -0.1) is 11.3 Å². The molecule has 5 nitrogen and oxygen atoms in total. The molecule has 3 heterocycles. The number of halogens is 2. The molecule has 2 aromatic heterocycles. The van der Waals surface area contributed by atoms with E-state index >= 15 is 0 Å². The topological polar surface area (TPSA) is 49.3 Å². The minimum Gasteiger partial charge on any atom is -0.352 e. The maximum atomic E-state index is 13.1. The lowest BCUT2D eigenvalue weighted by atomic mass is 10.1. The van der Waals surface area contributed by atoms with Gasteiger partial charge in [-0.05, 0) is 55.9 Å². The number of aryl methyl sites for hydroxylation is 2. The van der Waals surface area contributed by atoms with E-state index in [4.69, 9.17) is 33.2 Å². The van der Waals surface area contributed by atoms with Gasteiger partial charge in [0, 0.05) is 42.5 Å². The molecule has 2 aliphatic rings. The summed E-state index contributed by atoms with van der Waals surface area (Å²) in [5, 5.41) is 2.13. The largest absolute Gasteiger partial charge is 0.352 e. The van der Waals surface area contributed by atoms with Crippen molar-refractivity contribution in [2.45, 2.75) is 58.3 Å². The van der Waals surface area contributed by atoms with Crippen LogP contribution in [0.15, 0.2) is 18.2 Å². The van der Waals surface area contributed by atoms with Crippen LogP contribution in [-0.4, -0.2) is 47.0 Å². The van der Waals surface area contributed by atoms with Crippen LogP contribution in [0.2, 0.25) is 10.0 Å². The Morgan fingerprint density at radius 2 is 1.82 bits per heavy atom. The Labute approximate surface area is 215 Å². The van der Waals surface area contributed by atoms with Crippen LogP contribution in [0.5, 0.6) is 0 Å². The minimum absolute atomic E-state index is 0.00394. The second kappa shape index (κ2) is 10.00. The highest BCUT2D eigenvalue weighted by atomic mass is 35.5. The zero-order valence-corrected chi connectivity index (χ0v) is 22.1. The van der Waals surface area contributed by atoms with E-state index in [0.29, 0.717) is 34.6 Å². The summed E-state index contributed by atoms with van der Waals surface area (Å²) in [6.07, 6.45) is 7.07. The van der Waals surface area contributed by atoms with Gasteiger partial charge in [0.25, 0.3) is 5.91 Å². The molecular weight excluding hydrogens is 487 g/mol. The van der Waals surface area contributed by atoms with Gasteiger partial charge in [0.15, 0.2) is 0 Å². The number of rotatable bonds is 4. The van der Waals surface area contributed by atoms with E-state index in [1.807, 2.05) is 16.2 Å². The van der Waals surface area contributed by atoms with Crippen LogP contribution in [0.25, 0.3) is 10.2 Å². The number of carbonyl (C=O) groups is 1. The first-order chi connectivity index (χ1) is 16.5. The fraction of sp³-hybridized carbons (Fsp3) is 0.500. The van der Waals surface area contributed by atoms with Crippen molar-refractivity contribution in [2.75, 3.05) is 31.1 Å². The van der Waals surface area contributed by atoms with Crippen LogP contribution >= 0.6 is 34.5 Å². The van der Waals surface area contributed by atoms with E-state index in [1.54, 1.807) is 18.2 Å². The molecule has 1 atom stereocenters. The number of benzene rings is 1. The van der Waals surface area contributed by atoms with E-state index in [-0.39, 0.29) is 5.91 Å². The molecule has 0 radical (unpaired) electrons. The molecule has 0 unspecified atom stereocenters. The van der Waals surface area contributed by atoms with E-state index < -0.39 is 0 Å². The standard InChI is InChI=1S/C26H30Cl2N4OS/c1-3-16(2)23-29-24(22-18-7-5-4-6-8-21(18)34-25(22)30-23)31-11-13-32(14-12-31)26(33)17-9-10-19(27)20(28)15-17/h9-10,15-16H,3-8,11-14H2,1-2H3/t16-/m0/s1. The molecule has 3 aromatic rings. The van der Waals surface area contributed by atoms with Gasteiger partial charge in [-0.2, -0.15) is 0 Å². The van der Waals surface area contributed by atoms with Crippen molar-refractivity contribution in [3.63, 3.8) is 0 Å². The van der Waals surface area contributed by atoms with Gasteiger partial charge in [-0.3, -0.25) is 4.79 Å². The lowest BCUT2D eigenvalue weighted by Gasteiger charge is -2.36. The summed E-state index contributed by atoms with van der Waals surface area (Å²) in [6, 6.07) is 5.09. The van der Waals surface area contributed by atoms with Crippen LogP contribution in [0.1, 0.15) is 72.1 Å². The Kier molecular flexibility index (Phi) is 7.01. The summed E-state index contributed by atoms with van der Waals surface area (Å²) in [4.78, 5) is 30.1. The third-order valence-electron chi connectivity index (χ3n) is 7.15. The molecule has 0 N–H and O–H groups in total. The first-order valence-corrected chi connectivity index (χ1v) is 13.8. The number of amides is 1. The first kappa shape index (κ1) is 23.8. The Balaban J connectivity index is 1.44. The van der Waals surface area contributed by atoms with Crippen molar-refractivity contribution in [3.8, 4) is 0 Å². The average molecular weight is 518 g/mol. The number of aromatic nitrogens is 2. The SMILES string of the molecule is CC[C@H](C)c1nc(N2CCN(C(=O)c3ccc(Cl)c(Cl)c3)CC2)c2c3c(sc2n1)CCCCC3. The molecule has 1 aliphatic carbocycles. The van der Waals surface area contributed by atoms with Crippen molar-refractivity contribution < 1.29 is 4.79 Å². The number of fused-ring (bicyclic) bond motifs is 3. The van der Waals surface area contributed by atoms with E-state index in [1.165, 1.54) is 35.1 Å². The van der Waals surface area contributed by atoms with Gasteiger partial charge in [-0.25, -0.2) is 9.97 Å². The van der Waals surface area contributed by atoms with E-state index in [2.05, 4.69) is 18.7 Å². The highest BCUT2D eigenvalue weighted by Gasteiger charge is 2.28. The fourth-order valence-corrected chi connectivity index (χ4v) is 6.46. The molecule has 5 rings (SSSR count). The number of thiophene rings is 1. The lowest BCUT2D eigenvalue weighted by Crippen LogP contribution is -2.49. The predicted molar refractivity (Wildman–Crippen MR) is 142 cm³/mol. The summed E-state index contributed by atoms with van der Waals surface area (Å²) in [5.41, 5.74) is 2.05. The number of carbonyl (C=O) groups excluding carboxylic acids is 1. The molecule has 1 fully saturated rings. The van der Waals surface area contributed by atoms with Crippen LogP contribution in [-0.2, 0) is 12.8 Å². The fourth-order valence-electron chi connectivity index (χ4n) is 4.90. The molecule has 0 saturated carbocycles. The van der Waals surface area contributed by atoms with Crippen LogP contribution in [0.4, 0.5) is 5.82 Å². The van der Waals surface area contributed by atoms with E-state index in [9.17, 15) is 4.79 Å². The third kappa shape index (κ3) is 4.52. The lowest BCUT2D eigenvalue weighted by molar-refractivity contribution is 0.0746. The monoisotopic (exact) mass is 516 g/mol. The number of hydrogen-bond donors (Lipinski definition) is 0. The van der Waals surface area contributed by atoms with Gasteiger partial charge in [-0.1, -0.05) is 43.5 Å². The molecule has 1 aromatic carbocycles. The van der Waals surface area contributed by atoms with Crippen molar-refractivity contribution in [1.82, 2.24) is 14.9 Å². The molecule has 0 bridgehead atoms. The summed E-state index contributed by atoms with van der Waals surface area (Å²) in [7, 11) is 0. The van der Waals surface area contributed by atoms with Crippen molar-refractivity contribution in [3.05, 3.63) is 50.1 Å². The molecule has 8 heteroatoms. The predicted octanol–water partition coefficient (Wildman–Crippen LogP) is 6.74. The Morgan fingerprint density at radius 3 is 2.56 bits per heavy atom. The van der Waals surface area contributed by atoms with Crippen molar-refractivity contribution in [2.24, 2.45) is 0 Å². The smallest absolute Gasteiger partial charge is 0.254 e. The Morgan fingerprint density at radius 1 is 1.06 bits per heavy atom. The van der Waals surface area contributed by atoms with Crippen LogP contribution in [0, 0.1) is 0 Å². The summed E-state index contributed by atoms with van der Waals surface area (Å²) >= 11 is 14.0. The van der Waals surface area contributed by atoms with Gasteiger partial charge in [0.05, 0.1) is 15.4 Å². The summed E-state index contributed by atoms with van der Waals surface area (Å²) in [6.45, 7) is 7.20. The number of piperazine rings is 1. The Hall–Kier alpha value is -1.89. The Bertz CT molecular complexity index is 1220. The second-order valence-corrected chi connectivity index (χ2v) is 11.3. The first-order valence-electron chi connectivity index (χ1n) is 12.3. The van der Waals surface area contributed by atoms with Crippen LogP contribution in [0.3, 0.4) is 0 Å². The number of nitrogens with zero attached hydrogens (tertiary/aromatic N) is 4. The zero-order chi connectivity index (χ0) is 23.8. The van der Waals surface area contributed by atoms with Crippen molar-refractivity contribution >= 4 is 56.5 Å². The van der Waals surface area contributed by atoms with E-state index in [0.717, 1.165) is 48.8 Å². The highest BCUT2D eigenvalue weighted by molar-refractivity contribution is 7.19. The quantitative estimate of drug-likeness (QED) is 0.360. The molecule has 0 spiro atoms. The normalized spacial score (nSPS) is 17.5. The maximum Gasteiger partial charge on any atom is 0.254 e. The molecule has 1 aliphatic heterocycles. The number of hydrogen-bond acceptors (Lipinski definition) is 5. The molecule has 180 valence electrons. The molecule has 1 amide bonds. The average Bonchev–Trinajstić information content (AvgIpc) is 3.05. The number of anilines is 1. The van der Waals surface area contributed by atoms with Crippen LogP contribution < -0.4 is 4.90 Å². The molecule has 1 saturated heterocycles. The maximum absolute atomic E-state index is 13.1. The minimum atomic E-state index is -0.00394. The molecular formula is C26H30Cl2N4OS.